The standard InChI is InChI=1S/C19H21NO3/c1-19(2,3)23-18(21)20-13-7-8-14-11-12-17(22-4)16-10-6-5-9-15(14)16/h5-6,9-12H,13H2,1-4H3,(H,20,21). The summed E-state index contributed by atoms with van der Waals surface area (Å²) in [6, 6.07) is 11.7. The van der Waals surface area contributed by atoms with Crippen LogP contribution in [0.1, 0.15) is 26.3 Å². The Bertz CT molecular complexity index is 764. The third-order valence-electron chi connectivity index (χ3n) is 3.05. The number of ether oxygens (including phenoxy) is 2. The lowest BCUT2D eigenvalue weighted by molar-refractivity contribution is 0.0535. The molecule has 0 spiro atoms. The third-order valence-corrected chi connectivity index (χ3v) is 3.05. The van der Waals surface area contributed by atoms with Crippen LogP contribution in [0.3, 0.4) is 0 Å². The van der Waals surface area contributed by atoms with Crippen LogP contribution in [0.2, 0.25) is 0 Å². The average molecular weight is 311 g/mol. The summed E-state index contributed by atoms with van der Waals surface area (Å²) in [5, 5.41) is 4.66. The van der Waals surface area contributed by atoms with Crippen molar-refractivity contribution in [3.63, 3.8) is 0 Å². The van der Waals surface area contributed by atoms with Crippen molar-refractivity contribution in [1.29, 1.82) is 0 Å². The summed E-state index contributed by atoms with van der Waals surface area (Å²) in [4.78, 5) is 11.5. The second-order valence-corrected chi connectivity index (χ2v) is 6.02. The van der Waals surface area contributed by atoms with Crippen molar-refractivity contribution < 1.29 is 14.3 Å². The number of carbonyl (C=O) groups is 1. The van der Waals surface area contributed by atoms with Crippen LogP contribution in [0, 0.1) is 11.8 Å². The highest BCUT2D eigenvalue weighted by Crippen LogP contribution is 2.27. The summed E-state index contributed by atoms with van der Waals surface area (Å²) in [7, 11) is 1.65. The number of methoxy groups -OCH3 is 1. The molecule has 0 saturated heterocycles. The normalized spacial score (nSPS) is 10.6. The zero-order valence-corrected chi connectivity index (χ0v) is 13.9. The Labute approximate surface area is 136 Å². The minimum atomic E-state index is -0.510. The van der Waals surface area contributed by atoms with Gasteiger partial charge in [0.15, 0.2) is 0 Å². The number of nitrogens with one attached hydrogen (secondary N) is 1. The molecule has 1 N–H and O–H groups in total. The zero-order valence-electron chi connectivity index (χ0n) is 13.9. The molecule has 0 saturated carbocycles. The van der Waals surface area contributed by atoms with Gasteiger partial charge in [0.25, 0.3) is 0 Å². The van der Waals surface area contributed by atoms with Crippen LogP contribution < -0.4 is 10.1 Å². The summed E-state index contributed by atoms with van der Waals surface area (Å²) < 4.78 is 10.5. The van der Waals surface area contributed by atoms with E-state index in [0.29, 0.717) is 0 Å². The Kier molecular flexibility index (Phi) is 5.13. The monoisotopic (exact) mass is 311 g/mol. The molecule has 4 heteroatoms. The van der Waals surface area contributed by atoms with E-state index < -0.39 is 11.7 Å². The van der Waals surface area contributed by atoms with Crippen LogP contribution in [-0.4, -0.2) is 25.3 Å². The van der Waals surface area contributed by atoms with Crippen LogP contribution in [-0.2, 0) is 4.74 Å². The van der Waals surface area contributed by atoms with Crippen LogP contribution in [0.4, 0.5) is 4.79 Å². The average Bonchev–Trinajstić information content (AvgIpc) is 2.49. The molecule has 2 aromatic carbocycles. The Hall–Kier alpha value is -2.67. The highest BCUT2D eigenvalue weighted by atomic mass is 16.6. The predicted octanol–water partition coefficient (Wildman–Crippen LogP) is 3.72. The van der Waals surface area contributed by atoms with Gasteiger partial charge in [-0.3, -0.25) is 0 Å². The molecule has 120 valence electrons. The molecule has 4 nitrogen and oxygen atoms in total. The molecule has 2 aromatic rings. The molecule has 0 aliphatic carbocycles. The van der Waals surface area contributed by atoms with Gasteiger partial charge in [0.1, 0.15) is 11.4 Å². The molecule has 0 heterocycles. The van der Waals surface area contributed by atoms with Crippen molar-refractivity contribution in [1.82, 2.24) is 5.32 Å². The van der Waals surface area contributed by atoms with E-state index in [9.17, 15) is 4.79 Å². The topological polar surface area (TPSA) is 47.6 Å². The van der Waals surface area contributed by atoms with Gasteiger partial charge in [0.05, 0.1) is 13.7 Å². The number of fused-ring (bicyclic) bond motifs is 1. The maximum Gasteiger partial charge on any atom is 0.408 e. The Morgan fingerprint density at radius 2 is 1.83 bits per heavy atom. The second-order valence-electron chi connectivity index (χ2n) is 6.02. The van der Waals surface area contributed by atoms with Crippen LogP contribution in [0.25, 0.3) is 10.8 Å². The number of alkyl carbamates (subject to hydrolysis) is 1. The third kappa shape index (κ3) is 4.65. The minimum Gasteiger partial charge on any atom is -0.496 e. The lowest BCUT2D eigenvalue weighted by Gasteiger charge is -2.19. The SMILES string of the molecule is COc1ccc(C#CCNC(=O)OC(C)(C)C)c2ccccc12. The Morgan fingerprint density at radius 3 is 2.48 bits per heavy atom. The van der Waals surface area contributed by atoms with Crippen molar-refractivity contribution in [3.05, 3.63) is 42.0 Å². The second kappa shape index (κ2) is 7.06. The fourth-order valence-corrected chi connectivity index (χ4v) is 2.13. The number of hydrogen-bond acceptors (Lipinski definition) is 3. The van der Waals surface area contributed by atoms with E-state index in [0.717, 1.165) is 22.1 Å². The van der Waals surface area contributed by atoms with Crippen molar-refractivity contribution in [2.75, 3.05) is 13.7 Å². The van der Waals surface area contributed by atoms with Crippen molar-refractivity contribution in [3.8, 4) is 17.6 Å². The van der Waals surface area contributed by atoms with E-state index in [2.05, 4.69) is 17.2 Å². The quantitative estimate of drug-likeness (QED) is 0.860. The maximum atomic E-state index is 11.5. The first-order valence-electron chi connectivity index (χ1n) is 7.42. The lowest BCUT2D eigenvalue weighted by Crippen LogP contribution is -2.32. The van der Waals surface area contributed by atoms with Crippen molar-refractivity contribution in [2.24, 2.45) is 0 Å². The molecule has 0 radical (unpaired) electrons. The smallest absolute Gasteiger partial charge is 0.408 e. The first-order chi connectivity index (χ1) is 10.9. The molecular weight excluding hydrogens is 290 g/mol. The molecular formula is C19H21NO3. The number of benzene rings is 2. The molecule has 0 bridgehead atoms. The van der Waals surface area contributed by atoms with Gasteiger partial charge in [-0.05, 0) is 32.9 Å². The Balaban J connectivity index is 2.10. The number of hydrogen-bond donors (Lipinski definition) is 1. The molecule has 2 rings (SSSR count). The van der Waals surface area contributed by atoms with Gasteiger partial charge < -0.3 is 14.8 Å². The van der Waals surface area contributed by atoms with Crippen LogP contribution in [0.15, 0.2) is 36.4 Å². The number of rotatable bonds is 2. The molecule has 0 aliphatic heterocycles. The fourth-order valence-electron chi connectivity index (χ4n) is 2.13. The van der Waals surface area contributed by atoms with E-state index in [4.69, 9.17) is 9.47 Å². The minimum absolute atomic E-state index is 0.231. The first kappa shape index (κ1) is 16.7. The molecule has 0 unspecified atom stereocenters. The lowest BCUT2D eigenvalue weighted by atomic mass is 10.0. The predicted molar refractivity (Wildman–Crippen MR) is 91.6 cm³/mol. The molecule has 23 heavy (non-hydrogen) atoms. The van der Waals surface area contributed by atoms with Gasteiger partial charge in [0.2, 0.25) is 0 Å². The van der Waals surface area contributed by atoms with Crippen LogP contribution >= 0.6 is 0 Å². The van der Waals surface area contributed by atoms with E-state index in [1.165, 1.54) is 0 Å². The molecule has 0 aromatic heterocycles. The summed E-state index contributed by atoms with van der Waals surface area (Å²) in [6.45, 7) is 5.69. The van der Waals surface area contributed by atoms with Gasteiger partial charge >= 0.3 is 6.09 Å². The highest BCUT2D eigenvalue weighted by Gasteiger charge is 2.15. The zero-order chi connectivity index (χ0) is 16.9. The van der Waals surface area contributed by atoms with E-state index >= 15 is 0 Å². The highest BCUT2D eigenvalue weighted by molar-refractivity contribution is 5.93. The van der Waals surface area contributed by atoms with E-state index in [1.54, 1.807) is 7.11 Å². The summed E-state index contributed by atoms with van der Waals surface area (Å²) in [5.41, 5.74) is 0.386. The van der Waals surface area contributed by atoms with Crippen LogP contribution in [0.5, 0.6) is 5.75 Å². The first-order valence-corrected chi connectivity index (χ1v) is 7.42. The summed E-state index contributed by atoms with van der Waals surface area (Å²) in [6.07, 6.45) is -0.466. The number of carbonyl (C=O) groups excluding carboxylic acids is 1. The fraction of sp³-hybridized carbons (Fsp3) is 0.316. The summed E-state index contributed by atoms with van der Waals surface area (Å²) in [5.74, 6) is 6.84. The van der Waals surface area contributed by atoms with Gasteiger partial charge in [-0.1, -0.05) is 36.1 Å². The van der Waals surface area contributed by atoms with Gasteiger partial charge in [-0.15, -0.1) is 0 Å². The van der Waals surface area contributed by atoms with Gasteiger partial charge in [-0.25, -0.2) is 4.79 Å². The van der Waals surface area contributed by atoms with E-state index in [-0.39, 0.29) is 6.54 Å². The van der Waals surface area contributed by atoms with E-state index in [1.807, 2.05) is 57.2 Å². The molecule has 0 atom stereocenters. The van der Waals surface area contributed by atoms with Crippen molar-refractivity contribution >= 4 is 16.9 Å². The Morgan fingerprint density at radius 1 is 1.13 bits per heavy atom. The molecule has 0 fully saturated rings. The molecule has 1 amide bonds. The van der Waals surface area contributed by atoms with Crippen molar-refractivity contribution in [2.45, 2.75) is 26.4 Å². The maximum absolute atomic E-state index is 11.5. The molecule has 0 aliphatic rings. The van der Waals surface area contributed by atoms with Gasteiger partial charge in [-0.2, -0.15) is 0 Å². The van der Waals surface area contributed by atoms with Gasteiger partial charge in [0, 0.05) is 16.3 Å². The number of amides is 1. The summed E-state index contributed by atoms with van der Waals surface area (Å²) >= 11 is 0. The largest absolute Gasteiger partial charge is 0.496 e.